The van der Waals surface area contributed by atoms with Gasteiger partial charge in [-0.15, -0.1) is 0 Å². The zero-order valence-corrected chi connectivity index (χ0v) is 10.8. The summed E-state index contributed by atoms with van der Waals surface area (Å²) in [5.41, 5.74) is 0.593. The van der Waals surface area contributed by atoms with E-state index in [0.717, 1.165) is 6.42 Å². The molecular formula is C14H15NO5. The number of carbonyl (C=O) groups is 2. The molecule has 1 amide bonds. The Morgan fingerprint density at radius 1 is 1.15 bits per heavy atom. The molecule has 6 nitrogen and oxygen atoms in total. The Bertz CT molecular complexity index is 556. The molecule has 2 atom stereocenters. The second kappa shape index (κ2) is 5.03. The van der Waals surface area contributed by atoms with Crippen molar-refractivity contribution in [1.82, 2.24) is 0 Å². The maximum Gasteiger partial charge on any atom is 0.307 e. The van der Waals surface area contributed by atoms with Gasteiger partial charge in [0.1, 0.15) is 0 Å². The number of rotatable bonds is 3. The van der Waals surface area contributed by atoms with Crippen LogP contribution in [0.15, 0.2) is 18.2 Å². The minimum absolute atomic E-state index is 0.258. The van der Waals surface area contributed by atoms with Crippen molar-refractivity contribution >= 4 is 17.6 Å². The predicted molar refractivity (Wildman–Crippen MR) is 69.9 cm³/mol. The van der Waals surface area contributed by atoms with Gasteiger partial charge in [-0.2, -0.15) is 0 Å². The molecule has 3 rings (SSSR count). The minimum atomic E-state index is -0.913. The van der Waals surface area contributed by atoms with E-state index in [2.05, 4.69) is 5.32 Å². The fourth-order valence-electron chi connectivity index (χ4n) is 2.23. The molecule has 1 heterocycles. The summed E-state index contributed by atoms with van der Waals surface area (Å²) in [6.45, 7) is 1.19. The number of carboxylic acid groups (broad SMARTS) is 1. The number of fused-ring (bicyclic) bond motifs is 1. The molecule has 2 aliphatic rings. The van der Waals surface area contributed by atoms with Gasteiger partial charge in [-0.1, -0.05) is 0 Å². The topological polar surface area (TPSA) is 84.9 Å². The van der Waals surface area contributed by atoms with Crippen LogP contribution >= 0.6 is 0 Å². The Morgan fingerprint density at radius 3 is 2.60 bits per heavy atom. The van der Waals surface area contributed by atoms with E-state index in [-0.39, 0.29) is 5.91 Å². The standard InChI is InChI=1S/C14H15NO5/c16-13(9-7-10(9)14(17)18)15-8-2-3-11-12(6-8)20-5-1-4-19-11/h2-3,6,9-10H,1,4-5,7H2,(H,15,16)(H,17,18)/t9-,10+/m1/s1. The minimum Gasteiger partial charge on any atom is -0.490 e. The first kappa shape index (κ1) is 12.8. The summed E-state index contributed by atoms with van der Waals surface area (Å²) >= 11 is 0. The molecule has 1 aromatic rings. The molecule has 0 unspecified atom stereocenters. The average Bonchev–Trinajstić information content (AvgIpc) is 3.22. The normalized spacial score (nSPS) is 23.6. The van der Waals surface area contributed by atoms with E-state index in [9.17, 15) is 9.59 Å². The van der Waals surface area contributed by atoms with Crippen LogP contribution in [0.1, 0.15) is 12.8 Å². The molecule has 0 spiro atoms. The molecule has 2 N–H and O–H groups in total. The van der Waals surface area contributed by atoms with Gasteiger partial charge in [-0.25, -0.2) is 0 Å². The predicted octanol–water partition coefficient (Wildman–Crippen LogP) is 1.51. The maximum atomic E-state index is 11.9. The molecule has 1 aliphatic heterocycles. The molecule has 1 aromatic carbocycles. The van der Waals surface area contributed by atoms with E-state index in [1.54, 1.807) is 18.2 Å². The molecular weight excluding hydrogens is 262 g/mol. The number of hydrogen-bond donors (Lipinski definition) is 2. The first-order valence-corrected chi connectivity index (χ1v) is 6.58. The van der Waals surface area contributed by atoms with Crippen LogP contribution < -0.4 is 14.8 Å². The first-order chi connectivity index (χ1) is 9.65. The number of aliphatic carboxylic acids is 1. The summed E-state index contributed by atoms with van der Waals surface area (Å²) in [6, 6.07) is 5.18. The summed E-state index contributed by atoms with van der Waals surface area (Å²) in [6.07, 6.45) is 1.23. The van der Waals surface area contributed by atoms with Crippen molar-refractivity contribution in [2.45, 2.75) is 12.8 Å². The van der Waals surface area contributed by atoms with Gasteiger partial charge >= 0.3 is 5.97 Å². The summed E-state index contributed by atoms with van der Waals surface area (Å²) in [4.78, 5) is 22.6. The lowest BCUT2D eigenvalue weighted by Crippen LogP contribution is -2.16. The second-order valence-electron chi connectivity index (χ2n) is 4.99. The third-order valence-corrected chi connectivity index (χ3v) is 3.46. The van der Waals surface area contributed by atoms with Crippen LogP contribution in [-0.4, -0.2) is 30.2 Å². The molecule has 1 aliphatic carbocycles. The Balaban J connectivity index is 1.68. The van der Waals surface area contributed by atoms with E-state index >= 15 is 0 Å². The summed E-state index contributed by atoms with van der Waals surface area (Å²) < 4.78 is 11.0. The molecule has 0 radical (unpaired) electrons. The summed E-state index contributed by atoms with van der Waals surface area (Å²) in [5.74, 6) is -0.879. The third kappa shape index (κ3) is 2.54. The van der Waals surface area contributed by atoms with Gasteiger partial charge in [0.15, 0.2) is 11.5 Å². The van der Waals surface area contributed by atoms with E-state index in [4.69, 9.17) is 14.6 Å². The van der Waals surface area contributed by atoms with Crippen LogP contribution in [0.2, 0.25) is 0 Å². The van der Waals surface area contributed by atoms with Crippen LogP contribution in [0.25, 0.3) is 0 Å². The van der Waals surface area contributed by atoms with Crippen LogP contribution in [0.4, 0.5) is 5.69 Å². The number of carboxylic acids is 1. The van der Waals surface area contributed by atoms with Gasteiger partial charge in [0.2, 0.25) is 5.91 Å². The fourth-order valence-corrected chi connectivity index (χ4v) is 2.23. The van der Waals surface area contributed by atoms with Crippen molar-refractivity contribution < 1.29 is 24.2 Å². The lowest BCUT2D eigenvalue weighted by Gasteiger charge is -2.10. The van der Waals surface area contributed by atoms with Crippen LogP contribution in [0.3, 0.4) is 0 Å². The van der Waals surface area contributed by atoms with E-state index in [1.807, 2.05) is 0 Å². The van der Waals surface area contributed by atoms with Crippen molar-refractivity contribution in [2.75, 3.05) is 18.5 Å². The Hall–Kier alpha value is -2.24. The third-order valence-electron chi connectivity index (χ3n) is 3.46. The van der Waals surface area contributed by atoms with Crippen LogP contribution in [0.5, 0.6) is 11.5 Å². The highest BCUT2D eigenvalue weighted by atomic mass is 16.5. The molecule has 106 valence electrons. The van der Waals surface area contributed by atoms with E-state index in [0.29, 0.717) is 36.8 Å². The maximum absolute atomic E-state index is 11.9. The van der Waals surface area contributed by atoms with Crippen molar-refractivity contribution in [3.63, 3.8) is 0 Å². The molecule has 0 saturated heterocycles. The van der Waals surface area contributed by atoms with Gasteiger partial charge in [-0.3, -0.25) is 9.59 Å². The molecule has 1 saturated carbocycles. The largest absolute Gasteiger partial charge is 0.490 e. The number of hydrogen-bond acceptors (Lipinski definition) is 4. The monoisotopic (exact) mass is 277 g/mol. The van der Waals surface area contributed by atoms with Crippen molar-refractivity contribution in [3.8, 4) is 11.5 Å². The van der Waals surface area contributed by atoms with Gasteiger partial charge in [0, 0.05) is 18.2 Å². The van der Waals surface area contributed by atoms with Gasteiger partial charge in [0.05, 0.1) is 25.0 Å². The number of benzene rings is 1. The average molecular weight is 277 g/mol. The van der Waals surface area contributed by atoms with Crippen LogP contribution in [-0.2, 0) is 9.59 Å². The zero-order valence-electron chi connectivity index (χ0n) is 10.8. The van der Waals surface area contributed by atoms with E-state index < -0.39 is 17.8 Å². The zero-order chi connectivity index (χ0) is 14.1. The van der Waals surface area contributed by atoms with Crippen molar-refractivity contribution in [2.24, 2.45) is 11.8 Å². The number of carbonyl (C=O) groups excluding carboxylic acids is 1. The SMILES string of the molecule is O=C(O)[C@H]1C[C@H]1C(=O)Nc1ccc2c(c1)OCCCO2. The fraction of sp³-hybridized carbons (Fsp3) is 0.429. The Morgan fingerprint density at radius 2 is 1.90 bits per heavy atom. The molecule has 0 aromatic heterocycles. The quantitative estimate of drug-likeness (QED) is 0.874. The number of amides is 1. The summed E-state index contributed by atoms with van der Waals surface area (Å²) in [7, 11) is 0. The van der Waals surface area contributed by atoms with Gasteiger partial charge in [-0.05, 0) is 18.6 Å². The van der Waals surface area contributed by atoms with Crippen LogP contribution in [0, 0.1) is 11.8 Å². The first-order valence-electron chi connectivity index (χ1n) is 6.58. The lowest BCUT2D eigenvalue weighted by molar-refractivity contribution is -0.139. The highest BCUT2D eigenvalue weighted by molar-refractivity contribution is 5.98. The highest BCUT2D eigenvalue weighted by Gasteiger charge is 2.48. The molecule has 0 bridgehead atoms. The highest BCUT2D eigenvalue weighted by Crippen LogP contribution is 2.40. The number of ether oxygens (including phenoxy) is 2. The van der Waals surface area contributed by atoms with Crippen molar-refractivity contribution in [3.05, 3.63) is 18.2 Å². The molecule has 20 heavy (non-hydrogen) atoms. The number of anilines is 1. The summed E-state index contributed by atoms with van der Waals surface area (Å²) in [5, 5.41) is 11.5. The smallest absolute Gasteiger partial charge is 0.307 e. The second-order valence-corrected chi connectivity index (χ2v) is 4.99. The van der Waals surface area contributed by atoms with Crippen molar-refractivity contribution in [1.29, 1.82) is 0 Å². The van der Waals surface area contributed by atoms with Gasteiger partial charge in [0.25, 0.3) is 0 Å². The number of nitrogens with one attached hydrogen (secondary N) is 1. The van der Waals surface area contributed by atoms with E-state index in [1.165, 1.54) is 0 Å². The lowest BCUT2D eigenvalue weighted by atomic mass is 10.2. The van der Waals surface area contributed by atoms with Gasteiger partial charge < -0.3 is 19.9 Å². The Kier molecular flexibility index (Phi) is 3.22. The Labute approximate surface area is 115 Å². The molecule has 1 fully saturated rings. The molecule has 6 heteroatoms.